The molecule has 1 N–H and O–H groups in total. The summed E-state index contributed by atoms with van der Waals surface area (Å²) in [5.74, 6) is 0. The van der Waals surface area contributed by atoms with E-state index in [1.165, 1.54) is 0 Å². The molecule has 0 amide bonds. The number of hydrogen-bond acceptors (Lipinski definition) is 1. The molecular formula is CH3NaO2. The summed E-state index contributed by atoms with van der Waals surface area (Å²) in [7, 11) is 0. The topological polar surface area (TPSA) is 37.3 Å². The summed E-state index contributed by atoms with van der Waals surface area (Å²) in [6, 6.07) is 0. The zero-order valence-electron chi connectivity index (χ0n) is 1.43. The van der Waals surface area contributed by atoms with Gasteiger partial charge in [-0.05, 0) is 0 Å². The van der Waals surface area contributed by atoms with Crippen molar-refractivity contribution in [3.05, 3.63) is 0 Å². The third-order valence-electron chi connectivity index (χ3n) is 0. The maximum absolute atomic E-state index is 8.36. The van der Waals surface area contributed by atoms with E-state index in [-0.39, 0.29) is 36.0 Å². The summed E-state index contributed by atoms with van der Waals surface area (Å²) in [6.45, 7) is -0.250. The second-order valence-corrected chi connectivity index (χ2v) is 0.105. The van der Waals surface area contributed by atoms with Crippen LogP contribution in [0.15, 0.2) is 0 Å². The van der Waals surface area contributed by atoms with Crippen LogP contribution in [0.25, 0.3) is 0 Å². The van der Waals surface area contributed by atoms with Crippen LogP contribution >= 0.6 is 0 Å². The van der Waals surface area contributed by atoms with Crippen molar-refractivity contribution in [1.29, 1.82) is 0 Å². The first-order chi connectivity index (χ1) is 1.41. The average Bonchev–Trinajstić information content (AvgIpc) is 0.918. The Morgan fingerprint density at radius 1 is 1.75 bits per heavy atom. The first-order valence-corrected chi connectivity index (χ1v) is 0.494. The van der Waals surface area contributed by atoms with Crippen molar-refractivity contribution in [2.24, 2.45) is 0 Å². The molecule has 3 heteroatoms. The van der Waals surface area contributed by atoms with Crippen molar-refractivity contribution < 1.29 is 9.90 Å². The van der Waals surface area contributed by atoms with Crippen molar-refractivity contribution >= 4 is 36.0 Å². The molecule has 0 spiro atoms. The molecule has 2 nitrogen and oxygen atoms in total. The fraction of sp³-hybridized carbons (Fsp3) is 0. The number of rotatable bonds is 0. The van der Waals surface area contributed by atoms with Gasteiger partial charge in [0.15, 0.2) is 0 Å². The van der Waals surface area contributed by atoms with Crippen LogP contribution in [-0.4, -0.2) is 41.1 Å². The molecule has 0 aromatic carbocycles. The molecule has 0 aromatic rings. The molecule has 0 saturated carbocycles. The zero-order chi connectivity index (χ0) is 2.71. The third-order valence-corrected chi connectivity index (χ3v) is 0. The Hall–Kier alpha value is 0.470. The Balaban J connectivity index is 0. The van der Waals surface area contributed by atoms with Gasteiger partial charge in [-0.25, -0.2) is 0 Å². The summed E-state index contributed by atoms with van der Waals surface area (Å²) in [5.41, 5.74) is 0. The van der Waals surface area contributed by atoms with Gasteiger partial charge in [-0.2, -0.15) is 0 Å². The van der Waals surface area contributed by atoms with E-state index in [0.29, 0.717) is 0 Å². The normalized spacial score (nSPS) is 3.00. The standard InChI is InChI=1S/CH2O2.Na.H/c2-1-3;;/h1H,(H,2,3);;. The van der Waals surface area contributed by atoms with Crippen LogP contribution in [0.4, 0.5) is 0 Å². The molecule has 0 heterocycles. The van der Waals surface area contributed by atoms with E-state index in [9.17, 15) is 0 Å². The molecule has 0 aromatic heterocycles. The Morgan fingerprint density at radius 2 is 1.75 bits per heavy atom. The first kappa shape index (κ1) is 8.82. The molecule has 0 atom stereocenters. The number of hydrogen-bond donors (Lipinski definition) is 1. The minimum absolute atomic E-state index is 0. The molecule has 20 valence electrons. The summed E-state index contributed by atoms with van der Waals surface area (Å²) in [4.78, 5) is 8.36. The predicted molar refractivity (Wildman–Crippen MR) is 15.8 cm³/mol. The van der Waals surface area contributed by atoms with Gasteiger partial charge in [-0.1, -0.05) is 0 Å². The molecular weight excluding hydrogens is 67.0 g/mol. The van der Waals surface area contributed by atoms with Gasteiger partial charge in [0, 0.05) is 0 Å². The van der Waals surface area contributed by atoms with E-state index < -0.39 is 0 Å². The second kappa shape index (κ2) is 9.80. The van der Waals surface area contributed by atoms with Gasteiger partial charge in [0.1, 0.15) is 0 Å². The Kier molecular flexibility index (Phi) is 21.6. The molecule has 0 rings (SSSR count). The molecule has 0 aliphatic rings. The first-order valence-electron chi connectivity index (χ1n) is 0.494. The quantitative estimate of drug-likeness (QED) is 0.295. The van der Waals surface area contributed by atoms with Gasteiger partial charge >= 0.3 is 29.6 Å². The van der Waals surface area contributed by atoms with E-state index in [1.807, 2.05) is 0 Å². The van der Waals surface area contributed by atoms with E-state index in [4.69, 9.17) is 9.90 Å². The number of carboxylic acid groups (broad SMARTS) is 1. The van der Waals surface area contributed by atoms with E-state index in [2.05, 4.69) is 0 Å². The Morgan fingerprint density at radius 3 is 1.75 bits per heavy atom. The number of carbonyl (C=O) groups is 1. The van der Waals surface area contributed by atoms with Gasteiger partial charge in [-0.15, -0.1) is 0 Å². The molecule has 0 radical (unpaired) electrons. The minimum atomic E-state index is -0.250. The van der Waals surface area contributed by atoms with Crippen LogP contribution in [0, 0.1) is 0 Å². The van der Waals surface area contributed by atoms with Gasteiger partial charge in [0.2, 0.25) is 0 Å². The molecule has 0 fully saturated rings. The predicted octanol–water partition coefficient (Wildman–Crippen LogP) is -0.948. The molecule has 0 aliphatic heterocycles. The van der Waals surface area contributed by atoms with Crippen LogP contribution in [0.2, 0.25) is 0 Å². The summed E-state index contributed by atoms with van der Waals surface area (Å²) in [5, 5.41) is 6.89. The summed E-state index contributed by atoms with van der Waals surface area (Å²) >= 11 is 0. The van der Waals surface area contributed by atoms with E-state index >= 15 is 0 Å². The van der Waals surface area contributed by atoms with Crippen LogP contribution in [-0.2, 0) is 4.79 Å². The van der Waals surface area contributed by atoms with Crippen LogP contribution in [0.5, 0.6) is 0 Å². The molecule has 0 unspecified atom stereocenters. The fourth-order valence-corrected chi connectivity index (χ4v) is 0. The van der Waals surface area contributed by atoms with Crippen molar-refractivity contribution in [2.75, 3.05) is 0 Å². The summed E-state index contributed by atoms with van der Waals surface area (Å²) in [6.07, 6.45) is 0. The van der Waals surface area contributed by atoms with Crippen molar-refractivity contribution in [3.8, 4) is 0 Å². The van der Waals surface area contributed by atoms with Gasteiger partial charge in [0.25, 0.3) is 6.47 Å². The maximum atomic E-state index is 8.36. The second-order valence-electron chi connectivity index (χ2n) is 0.105. The average molecular weight is 70.0 g/mol. The van der Waals surface area contributed by atoms with Crippen LogP contribution in [0.3, 0.4) is 0 Å². The fourth-order valence-electron chi connectivity index (χ4n) is 0. The molecule has 0 saturated heterocycles. The van der Waals surface area contributed by atoms with Gasteiger partial charge in [0.05, 0.1) is 0 Å². The molecule has 0 bridgehead atoms. The van der Waals surface area contributed by atoms with Gasteiger partial charge in [-0.3, -0.25) is 4.79 Å². The van der Waals surface area contributed by atoms with Gasteiger partial charge < -0.3 is 5.11 Å². The monoisotopic (exact) mass is 70.0 g/mol. The van der Waals surface area contributed by atoms with Crippen LogP contribution < -0.4 is 0 Å². The van der Waals surface area contributed by atoms with Crippen molar-refractivity contribution in [2.45, 2.75) is 0 Å². The summed E-state index contributed by atoms with van der Waals surface area (Å²) < 4.78 is 0. The van der Waals surface area contributed by atoms with E-state index in [0.717, 1.165) is 0 Å². The van der Waals surface area contributed by atoms with Crippen molar-refractivity contribution in [3.63, 3.8) is 0 Å². The third kappa shape index (κ3) is 24.2. The Bertz CT molecular complexity index is 13.5. The Labute approximate surface area is 46.1 Å². The van der Waals surface area contributed by atoms with Crippen LogP contribution in [0.1, 0.15) is 0 Å². The SMILES string of the molecule is O=CO.[NaH]. The van der Waals surface area contributed by atoms with E-state index in [1.54, 1.807) is 0 Å². The molecule has 4 heavy (non-hydrogen) atoms. The molecule has 0 aliphatic carbocycles. The van der Waals surface area contributed by atoms with Crippen molar-refractivity contribution in [1.82, 2.24) is 0 Å². The zero-order valence-corrected chi connectivity index (χ0v) is 1.43.